The fraction of sp³-hybridized carbons (Fsp3) is 0.263. The fourth-order valence-electron chi connectivity index (χ4n) is 2.01. The highest BCUT2D eigenvalue weighted by Gasteiger charge is 2.00. The Balaban J connectivity index is 1.74. The lowest BCUT2D eigenvalue weighted by Crippen LogP contribution is -2.17. The number of aryl methyl sites for hydroxylation is 1. The summed E-state index contributed by atoms with van der Waals surface area (Å²) in [6.45, 7) is 2.78. The SMILES string of the molecule is CCCOc1ccc(/C=N/NC(=O)CCc2ccccc2)cc1. The third-order valence-electron chi connectivity index (χ3n) is 3.24. The number of nitrogens with zero attached hydrogens (tertiary/aromatic N) is 1. The van der Waals surface area contributed by atoms with Crippen molar-refractivity contribution in [1.29, 1.82) is 0 Å². The van der Waals surface area contributed by atoms with Crippen LogP contribution in [-0.2, 0) is 11.2 Å². The molecule has 1 amide bonds. The van der Waals surface area contributed by atoms with Crippen molar-refractivity contribution in [2.24, 2.45) is 5.10 Å². The van der Waals surface area contributed by atoms with E-state index in [1.54, 1.807) is 6.21 Å². The van der Waals surface area contributed by atoms with Crippen LogP contribution in [0.1, 0.15) is 30.9 Å². The number of ether oxygens (including phenoxy) is 1. The molecule has 0 atom stereocenters. The van der Waals surface area contributed by atoms with E-state index in [0.717, 1.165) is 23.3 Å². The molecule has 0 saturated heterocycles. The highest BCUT2D eigenvalue weighted by atomic mass is 16.5. The Morgan fingerprint density at radius 3 is 2.57 bits per heavy atom. The van der Waals surface area contributed by atoms with Gasteiger partial charge in [-0.2, -0.15) is 5.10 Å². The van der Waals surface area contributed by atoms with Gasteiger partial charge in [-0.05, 0) is 48.2 Å². The number of hydrogen-bond acceptors (Lipinski definition) is 3. The average Bonchev–Trinajstić information content (AvgIpc) is 2.60. The van der Waals surface area contributed by atoms with E-state index in [9.17, 15) is 4.79 Å². The molecule has 0 radical (unpaired) electrons. The topological polar surface area (TPSA) is 50.7 Å². The number of rotatable bonds is 8. The zero-order chi connectivity index (χ0) is 16.3. The predicted octanol–water partition coefficient (Wildman–Crippen LogP) is 3.56. The normalized spacial score (nSPS) is 10.7. The van der Waals surface area contributed by atoms with Crippen molar-refractivity contribution in [1.82, 2.24) is 5.43 Å². The zero-order valence-corrected chi connectivity index (χ0v) is 13.4. The standard InChI is InChI=1S/C19H22N2O2/c1-2-14-23-18-11-8-17(9-12-18)15-20-21-19(22)13-10-16-6-4-3-5-7-16/h3-9,11-12,15H,2,10,13-14H2,1H3,(H,21,22)/b20-15+. The second kappa shape index (κ2) is 9.41. The van der Waals surface area contributed by atoms with E-state index in [-0.39, 0.29) is 5.91 Å². The molecule has 0 heterocycles. The van der Waals surface area contributed by atoms with Crippen LogP contribution in [0, 0.1) is 0 Å². The van der Waals surface area contributed by atoms with Crippen molar-refractivity contribution in [3.05, 3.63) is 65.7 Å². The number of hydrazone groups is 1. The second-order valence-electron chi connectivity index (χ2n) is 5.20. The Morgan fingerprint density at radius 2 is 1.87 bits per heavy atom. The molecule has 4 heteroatoms. The van der Waals surface area contributed by atoms with Crippen molar-refractivity contribution >= 4 is 12.1 Å². The number of hydrogen-bond donors (Lipinski definition) is 1. The molecule has 1 N–H and O–H groups in total. The molecule has 23 heavy (non-hydrogen) atoms. The smallest absolute Gasteiger partial charge is 0.240 e. The summed E-state index contributed by atoms with van der Waals surface area (Å²) < 4.78 is 5.51. The van der Waals surface area contributed by atoms with Gasteiger partial charge in [0.1, 0.15) is 5.75 Å². The summed E-state index contributed by atoms with van der Waals surface area (Å²) in [5, 5.41) is 3.98. The molecule has 2 rings (SSSR count). The highest BCUT2D eigenvalue weighted by Crippen LogP contribution is 2.11. The molecule has 0 unspecified atom stereocenters. The molecular weight excluding hydrogens is 288 g/mol. The number of benzene rings is 2. The van der Waals surface area contributed by atoms with Crippen LogP contribution in [0.25, 0.3) is 0 Å². The van der Waals surface area contributed by atoms with E-state index >= 15 is 0 Å². The van der Waals surface area contributed by atoms with Crippen LogP contribution in [0.4, 0.5) is 0 Å². The van der Waals surface area contributed by atoms with Crippen LogP contribution in [0.5, 0.6) is 5.75 Å². The van der Waals surface area contributed by atoms with Crippen molar-refractivity contribution in [2.45, 2.75) is 26.2 Å². The van der Waals surface area contributed by atoms with Crippen molar-refractivity contribution < 1.29 is 9.53 Å². The molecule has 2 aromatic carbocycles. The van der Waals surface area contributed by atoms with Crippen LogP contribution >= 0.6 is 0 Å². The summed E-state index contributed by atoms with van der Waals surface area (Å²) in [4.78, 5) is 11.7. The Kier molecular flexibility index (Phi) is 6.85. The van der Waals surface area contributed by atoms with Gasteiger partial charge in [-0.15, -0.1) is 0 Å². The first-order valence-corrected chi connectivity index (χ1v) is 7.86. The molecule has 0 aromatic heterocycles. The van der Waals surface area contributed by atoms with Crippen molar-refractivity contribution in [3.8, 4) is 5.75 Å². The van der Waals surface area contributed by atoms with Crippen LogP contribution < -0.4 is 10.2 Å². The molecule has 0 aliphatic carbocycles. The molecule has 2 aromatic rings. The van der Waals surface area contributed by atoms with E-state index in [1.165, 1.54) is 0 Å². The summed E-state index contributed by atoms with van der Waals surface area (Å²) in [6, 6.07) is 17.5. The summed E-state index contributed by atoms with van der Waals surface area (Å²) in [5.74, 6) is 0.754. The van der Waals surface area contributed by atoms with E-state index in [4.69, 9.17) is 4.74 Å². The summed E-state index contributed by atoms with van der Waals surface area (Å²) in [7, 11) is 0. The van der Waals surface area contributed by atoms with E-state index < -0.39 is 0 Å². The van der Waals surface area contributed by atoms with Gasteiger partial charge in [0.15, 0.2) is 0 Å². The Hall–Kier alpha value is -2.62. The molecule has 0 bridgehead atoms. The minimum absolute atomic E-state index is 0.0898. The molecule has 0 aliphatic rings. The van der Waals surface area contributed by atoms with Gasteiger partial charge < -0.3 is 4.74 Å². The van der Waals surface area contributed by atoms with Gasteiger partial charge in [-0.25, -0.2) is 5.43 Å². The molecule has 0 spiro atoms. The number of carbonyl (C=O) groups excluding carboxylic acids is 1. The maximum absolute atomic E-state index is 11.7. The number of nitrogens with one attached hydrogen (secondary N) is 1. The Labute approximate surface area is 137 Å². The van der Waals surface area contributed by atoms with Gasteiger partial charge in [0, 0.05) is 6.42 Å². The highest BCUT2D eigenvalue weighted by molar-refractivity contribution is 5.82. The first-order chi connectivity index (χ1) is 11.3. The molecule has 4 nitrogen and oxygen atoms in total. The lowest BCUT2D eigenvalue weighted by Gasteiger charge is -2.04. The summed E-state index contributed by atoms with van der Waals surface area (Å²) in [5.41, 5.74) is 4.61. The van der Waals surface area contributed by atoms with E-state index in [0.29, 0.717) is 19.4 Å². The molecular formula is C19H22N2O2. The van der Waals surface area contributed by atoms with Gasteiger partial charge >= 0.3 is 0 Å². The molecule has 0 fully saturated rings. The second-order valence-corrected chi connectivity index (χ2v) is 5.20. The first kappa shape index (κ1) is 16.7. The zero-order valence-electron chi connectivity index (χ0n) is 13.4. The average molecular weight is 310 g/mol. The maximum atomic E-state index is 11.7. The fourth-order valence-corrected chi connectivity index (χ4v) is 2.01. The van der Waals surface area contributed by atoms with Crippen molar-refractivity contribution in [2.75, 3.05) is 6.61 Å². The van der Waals surface area contributed by atoms with Gasteiger partial charge in [-0.1, -0.05) is 37.3 Å². The first-order valence-electron chi connectivity index (χ1n) is 7.86. The monoisotopic (exact) mass is 310 g/mol. The van der Waals surface area contributed by atoms with E-state index in [2.05, 4.69) is 17.5 Å². The lowest BCUT2D eigenvalue weighted by atomic mass is 10.1. The number of carbonyl (C=O) groups is 1. The van der Waals surface area contributed by atoms with Gasteiger partial charge in [0.05, 0.1) is 12.8 Å². The predicted molar refractivity (Wildman–Crippen MR) is 92.7 cm³/mol. The van der Waals surface area contributed by atoms with Gasteiger partial charge in [0.2, 0.25) is 5.91 Å². The quantitative estimate of drug-likeness (QED) is 0.599. The van der Waals surface area contributed by atoms with Crippen LogP contribution in [-0.4, -0.2) is 18.7 Å². The minimum Gasteiger partial charge on any atom is -0.494 e. The van der Waals surface area contributed by atoms with Crippen LogP contribution in [0.15, 0.2) is 59.7 Å². The third-order valence-corrected chi connectivity index (χ3v) is 3.24. The van der Waals surface area contributed by atoms with E-state index in [1.807, 2.05) is 54.6 Å². The Morgan fingerprint density at radius 1 is 1.13 bits per heavy atom. The summed E-state index contributed by atoms with van der Waals surface area (Å²) >= 11 is 0. The van der Waals surface area contributed by atoms with Crippen molar-refractivity contribution in [3.63, 3.8) is 0 Å². The maximum Gasteiger partial charge on any atom is 0.240 e. The van der Waals surface area contributed by atoms with Gasteiger partial charge in [-0.3, -0.25) is 4.79 Å². The number of amides is 1. The minimum atomic E-state index is -0.0898. The molecule has 0 aliphatic heterocycles. The molecule has 120 valence electrons. The third kappa shape index (κ3) is 6.34. The lowest BCUT2D eigenvalue weighted by molar-refractivity contribution is -0.121. The largest absolute Gasteiger partial charge is 0.494 e. The molecule has 0 saturated carbocycles. The van der Waals surface area contributed by atoms with Gasteiger partial charge in [0.25, 0.3) is 0 Å². The van der Waals surface area contributed by atoms with Crippen LogP contribution in [0.3, 0.4) is 0 Å². The van der Waals surface area contributed by atoms with Crippen LogP contribution in [0.2, 0.25) is 0 Å². The Bertz CT molecular complexity index is 622. The summed E-state index contributed by atoms with van der Waals surface area (Å²) in [6.07, 6.45) is 3.75.